The average Bonchev–Trinajstić information content (AvgIpc) is 2.28. The van der Waals surface area contributed by atoms with Crippen LogP contribution in [0.4, 0.5) is 5.69 Å². The van der Waals surface area contributed by atoms with Crippen LogP contribution >= 0.6 is 11.6 Å². The third-order valence-corrected chi connectivity index (χ3v) is 3.17. The van der Waals surface area contributed by atoms with E-state index in [1.54, 1.807) is 0 Å². The fourth-order valence-electron chi connectivity index (χ4n) is 1.69. The zero-order valence-electron chi connectivity index (χ0n) is 9.83. The lowest BCUT2D eigenvalue weighted by atomic mass is 10.1. The topological polar surface area (TPSA) is 3.24 Å². The summed E-state index contributed by atoms with van der Waals surface area (Å²) in [5, 5.41) is 0. The molecule has 0 spiro atoms. The van der Waals surface area contributed by atoms with Crippen LogP contribution in [-0.4, -0.2) is 13.1 Å². The molecule has 2 heteroatoms. The van der Waals surface area contributed by atoms with E-state index in [0.29, 0.717) is 11.9 Å². The number of benzene rings is 1. The van der Waals surface area contributed by atoms with Crippen molar-refractivity contribution in [3.8, 4) is 0 Å². The van der Waals surface area contributed by atoms with Crippen LogP contribution in [0.15, 0.2) is 24.3 Å². The van der Waals surface area contributed by atoms with E-state index in [1.807, 2.05) is 0 Å². The lowest BCUT2D eigenvalue weighted by Crippen LogP contribution is -2.28. The van der Waals surface area contributed by atoms with Gasteiger partial charge in [0, 0.05) is 24.7 Å². The Hall–Kier alpha value is -0.690. The minimum atomic E-state index is 0.592. The summed E-state index contributed by atoms with van der Waals surface area (Å²) in [5.41, 5.74) is 2.45. The second-order valence-corrected chi connectivity index (χ2v) is 4.32. The summed E-state index contributed by atoms with van der Waals surface area (Å²) >= 11 is 5.76. The second kappa shape index (κ2) is 6.02. The number of nitrogens with zero attached hydrogens (tertiary/aromatic N) is 1. The fraction of sp³-hybridized carbons (Fsp3) is 0.538. The van der Waals surface area contributed by atoms with Gasteiger partial charge in [0.05, 0.1) is 0 Å². The number of alkyl halides is 1. The largest absolute Gasteiger partial charge is 0.372 e. The SMILES string of the molecule is CCCC(C)N(C)c1ccc(CCl)cc1. The monoisotopic (exact) mass is 225 g/mol. The molecule has 1 unspecified atom stereocenters. The molecule has 1 aromatic rings. The molecule has 0 saturated carbocycles. The van der Waals surface area contributed by atoms with Crippen molar-refractivity contribution >= 4 is 17.3 Å². The van der Waals surface area contributed by atoms with Crippen molar-refractivity contribution < 1.29 is 0 Å². The van der Waals surface area contributed by atoms with E-state index >= 15 is 0 Å². The molecule has 0 aliphatic heterocycles. The maximum Gasteiger partial charge on any atom is 0.0474 e. The van der Waals surface area contributed by atoms with Crippen molar-refractivity contribution in [1.29, 1.82) is 0 Å². The minimum Gasteiger partial charge on any atom is -0.372 e. The van der Waals surface area contributed by atoms with Crippen LogP contribution in [0.3, 0.4) is 0 Å². The van der Waals surface area contributed by atoms with Gasteiger partial charge in [0.1, 0.15) is 0 Å². The van der Waals surface area contributed by atoms with E-state index in [4.69, 9.17) is 11.6 Å². The molecule has 84 valence electrons. The van der Waals surface area contributed by atoms with E-state index in [-0.39, 0.29) is 0 Å². The third kappa shape index (κ3) is 3.42. The first kappa shape index (κ1) is 12.4. The summed E-state index contributed by atoms with van der Waals surface area (Å²) in [6.07, 6.45) is 2.46. The Morgan fingerprint density at radius 2 is 1.87 bits per heavy atom. The van der Waals surface area contributed by atoms with Gasteiger partial charge in [-0.1, -0.05) is 25.5 Å². The zero-order chi connectivity index (χ0) is 11.3. The van der Waals surface area contributed by atoms with Gasteiger partial charge in [-0.3, -0.25) is 0 Å². The molecule has 1 nitrogen and oxygen atoms in total. The van der Waals surface area contributed by atoms with Gasteiger partial charge in [-0.15, -0.1) is 11.6 Å². The van der Waals surface area contributed by atoms with Gasteiger partial charge in [-0.25, -0.2) is 0 Å². The first-order valence-electron chi connectivity index (χ1n) is 5.56. The highest BCUT2D eigenvalue weighted by atomic mass is 35.5. The molecular formula is C13H20ClN. The van der Waals surface area contributed by atoms with E-state index < -0.39 is 0 Å². The lowest BCUT2D eigenvalue weighted by Gasteiger charge is -2.26. The van der Waals surface area contributed by atoms with Gasteiger partial charge in [-0.05, 0) is 31.0 Å². The molecular weight excluding hydrogens is 206 g/mol. The standard InChI is InChI=1S/C13H20ClN/c1-4-5-11(2)15(3)13-8-6-12(10-14)7-9-13/h6-9,11H,4-5,10H2,1-3H3. The summed E-state index contributed by atoms with van der Waals surface area (Å²) in [4.78, 5) is 2.32. The highest BCUT2D eigenvalue weighted by molar-refractivity contribution is 6.17. The summed E-state index contributed by atoms with van der Waals surface area (Å²) < 4.78 is 0. The second-order valence-electron chi connectivity index (χ2n) is 4.05. The number of hydrogen-bond donors (Lipinski definition) is 0. The van der Waals surface area contributed by atoms with Crippen LogP contribution in [0.25, 0.3) is 0 Å². The predicted octanol–water partition coefficient (Wildman–Crippen LogP) is 4.05. The summed E-state index contributed by atoms with van der Waals surface area (Å²) in [5.74, 6) is 0.592. The van der Waals surface area contributed by atoms with Gasteiger partial charge in [0.25, 0.3) is 0 Å². The van der Waals surface area contributed by atoms with Crippen LogP contribution < -0.4 is 4.90 Å². The minimum absolute atomic E-state index is 0.592. The van der Waals surface area contributed by atoms with Crippen molar-refractivity contribution in [3.05, 3.63) is 29.8 Å². The van der Waals surface area contributed by atoms with E-state index in [1.165, 1.54) is 24.1 Å². The molecule has 0 aliphatic carbocycles. The molecule has 0 aliphatic rings. The molecule has 0 aromatic heterocycles. The molecule has 0 saturated heterocycles. The smallest absolute Gasteiger partial charge is 0.0474 e. The van der Waals surface area contributed by atoms with Crippen LogP contribution in [0.1, 0.15) is 32.3 Å². The number of anilines is 1. The first-order valence-corrected chi connectivity index (χ1v) is 6.10. The summed E-state index contributed by atoms with van der Waals surface area (Å²) in [6, 6.07) is 9.07. The van der Waals surface area contributed by atoms with Gasteiger partial charge in [0.15, 0.2) is 0 Å². The maximum absolute atomic E-state index is 5.76. The van der Waals surface area contributed by atoms with Crippen LogP contribution in [0.2, 0.25) is 0 Å². The van der Waals surface area contributed by atoms with Crippen LogP contribution in [0, 0.1) is 0 Å². The molecule has 1 aromatic carbocycles. The Bertz CT molecular complexity index is 281. The van der Waals surface area contributed by atoms with Crippen LogP contribution in [0.5, 0.6) is 0 Å². The molecule has 0 N–H and O–H groups in total. The molecule has 15 heavy (non-hydrogen) atoms. The molecule has 0 fully saturated rings. The van der Waals surface area contributed by atoms with E-state index in [9.17, 15) is 0 Å². The predicted molar refractivity (Wildman–Crippen MR) is 68.8 cm³/mol. The fourth-order valence-corrected chi connectivity index (χ4v) is 1.86. The first-order chi connectivity index (χ1) is 7.19. The molecule has 1 atom stereocenters. The van der Waals surface area contributed by atoms with E-state index in [0.717, 1.165) is 0 Å². The van der Waals surface area contributed by atoms with Crippen molar-refractivity contribution in [2.24, 2.45) is 0 Å². The Kier molecular flexibility index (Phi) is 4.97. The lowest BCUT2D eigenvalue weighted by molar-refractivity contribution is 0.616. The normalized spacial score (nSPS) is 12.5. The van der Waals surface area contributed by atoms with Gasteiger partial charge >= 0.3 is 0 Å². The van der Waals surface area contributed by atoms with Crippen molar-refractivity contribution in [2.45, 2.75) is 38.6 Å². The summed E-state index contributed by atoms with van der Waals surface area (Å²) in [6.45, 7) is 4.49. The molecule has 0 heterocycles. The average molecular weight is 226 g/mol. The van der Waals surface area contributed by atoms with Gasteiger partial charge < -0.3 is 4.90 Å². The molecule has 0 bridgehead atoms. The highest BCUT2D eigenvalue weighted by Crippen LogP contribution is 2.18. The molecule has 1 rings (SSSR count). The quantitative estimate of drug-likeness (QED) is 0.684. The van der Waals surface area contributed by atoms with Gasteiger partial charge in [-0.2, -0.15) is 0 Å². The number of halogens is 1. The molecule has 0 amide bonds. The summed E-state index contributed by atoms with van der Waals surface area (Å²) in [7, 11) is 2.15. The Morgan fingerprint density at radius 3 is 2.33 bits per heavy atom. The Balaban J connectivity index is 2.69. The zero-order valence-corrected chi connectivity index (χ0v) is 10.6. The van der Waals surface area contributed by atoms with Crippen molar-refractivity contribution in [3.63, 3.8) is 0 Å². The van der Waals surface area contributed by atoms with E-state index in [2.05, 4.69) is 50.1 Å². The van der Waals surface area contributed by atoms with Gasteiger partial charge in [0.2, 0.25) is 0 Å². The van der Waals surface area contributed by atoms with Crippen LogP contribution in [-0.2, 0) is 5.88 Å². The molecule has 0 radical (unpaired) electrons. The van der Waals surface area contributed by atoms with Crippen molar-refractivity contribution in [2.75, 3.05) is 11.9 Å². The van der Waals surface area contributed by atoms with Crippen molar-refractivity contribution in [1.82, 2.24) is 0 Å². The third-order valence-electron chi connectivity index (χ3n) is 2.87. The number of rotatable bonds is 5. The highest BCUT2D eigenvalue weighted by Gasteiger charge is 2.08. The number of hydrogen-bond acceptors (Lipinski definition) is 1. The maximum atomic E-state index is 5.76. The Morgan fingerprint density at radius 1 is 1.27 bits per heavy atom. The Labute approximate surface area is 98.0 Å².